The van der Waals surface area contributed by atoms with E-state index in [0.717, 1.165) is 24.2 Å². The fraction of sp³-hybridized carbons (Fsp3) is 0.467. The molecule has 1 aliphatic heterocycles. The van der Waals surface area contributed by atoms with Crippen LogP contribution in [0.1, 0.15) is 34.6 Å². The molecule has 7 nitrogen and oxygen atoms in total. The third kappa shape index (κ3) is 2.79. The van der Waals surface area contributed by atoms with Gasteiger partial charge in [0.1, 0.15) is 5.82 Å². The molecule has 1 N–H and O–H groups in total. The second-order valence-electron chi connectivity index (χ2n) is 5.72. The zero-order chi connectivity index (χ0) is 15.7. The van der Waals surface area contributed by atoms with Crippen molar-refractivity contribution in [2.24, 2.45) is 7.05 Å². The van der Waals surface area contributed by atoms with Crippen LogP contribution in [0.4, 0.5) is 0 Å². The topological polar surface area (TPSA) is 81.8 Å². The lowest BCUT2D eigenvalue weighted by atomic mass is 10.1. The molecule has 1 atom stereocenters. The Kier molecular flexibility index (Phi) is 3.79. The number of fused-ring (bicyclic) bond motifs is 1. The number of aromatic nitrogens is 4. The van der Waals surface area contributed by atoms with Crippen molar-refractivity contribution in [3.8, 4) is 0 Å². The van der Waals surface area contributed by atoms with Crippen LogP contribution in [-0.4, -0.2) is 31.3 Å². The van der Waals surface area contributed by atoms with E-state index >= 15 is 0 Å². The number of carbonyl (C=O) groups excluding carboxylic acids is 1. The molecule has 3 heterocycles. The van der Waals surface area contributed by atoms with Crippen molar-refractivity contribution in [1.82, 2.24) is 24.6 Å². The monoisotopic (exact) mass is 301 g/mol. The number of hydrogen-bond acceptors (Lipinski definition) is 4. The minimum absolute atomic E-state index is 0.0411. The van der Waals surface area contributed by atoms with Gasteiger partial charge in [-0.05, 0) is 31.4 Å². The first-order valence-corrected chi connectivity index (χ1v) is 7.40. The van der Waals surface area contributed by atoms with E-state index in [1.807, 2.05) is 13.0 Å². The predicted octanol–water partition coefficient (Wildman–Crippen LogP) is 0.420. The van der Waals surface area contributed by atoms with Crippen molar-refractivity contribution in [2.75, 3.05) is 0 Å². The van der Waals surface area contributed by atoms with Gasteiger partial charge in [-0.2, -0.15) is 5.10 Å². The molecular weight excluding hydrogens is 282 g/mol. The second kappa shape index (κ2) is 5.75. The van der Waals surface area contributed by atoms with E-state index < -0.39 is 0 Å². The third-order valence-electron chi connectivity index (χ3n) is 3.97. The Balaban J connectivity index is 1.68. The van der Waals surface area contributed by atoms with Crippen LogP contribution in [0.5, 0.6) is 0 Å². The Hall–Kier alpha value is -2.44. The lowest BCUT2D eigenvalue weighted by Crippen LogP contribution is -2.35. The van der Waals surface area contributed by atoms with Crippen LogP contribution in [0.3, 0.4) is 0 Å². The largest absolute Gasteiger partial charge is 0.349 e. The van der Waals surface area contributed by atoms with Crippen molar-refractivity contribution < 1.29 is 4.79 Å². The number of hydrogen-bond donors (Lipinski definition) is 1. The predicted molar refractivity (Wildman–Crippen MR) is 80.6 cm³/mol. The molecule has 0 bridgehead atoms. The fourth-order valence-electron chi connectivity index (χ4n) is 2.79. The first-order valence-electron chi connectivity index (χ1n) is 7.40. The van der Waals surface area contributed by atoms with Gasteiger partial charge in [-0.15, -0.1) is 0 Å². The van der Waals surface area contributed by atoms with Gasteiger partial charge in [-0.25, -0.2) is 9.48 Å². The van der Waals surface area contributed by atoms with Gasteiger partial charge in [0.25, 0.3) is 5.91 Å². The fourth-order valence-corrected chi connectivity index (χ4v) is 2.79. The Labute approximate surface area is 128 Å². The summed E-state index contributed by atoms with van der Waals surface area (Å²) in [6.45, 7) is 2.49. The number of pyridine rings is 1. The lowest BCUT2D eigenvalue weighted by Gasteiger charge is -2.16. The van der Waals surface area contributed by atoms with E-state index in [4.69, 9.17) is 0 Å². The normalized spacial score (nSPS) is 17.6. The van der Waals surface area contributed by atoms with Gasteiger partial charge in [-0.1, -0.05) is 0 Å². The van der Waals surface area contributed by atoms with Crippen LogP contribution < -0.4 is 11.0 Å². The number of amides is 1. The maximum Gasteiger partial charge on any atom is 0.345 e. The second-order valence-corrected chi connectivity index (χ2v) is 5.72. The third-order valence-corrected chi connectivity index (χ3v) is 3.97. The summed E-state index contributed by atoms with van der Waals surface area (Å²) in [6, 6.07) is 1.86. The van der Waals surface area contributed by atoms with E-state index in [-0.39, 0.29) is 17.6 Å². The Morgan fingerprint density at radius 1 is 1.36 bits per heavy atom. The molecular formula is C15H19N5O2. The molecule has 7 heteroatoms. The van der Waals surface area contributed by atoms with Gasteiger partial charge in [-0.3, -0.25) is 14.3 Å². The van der Waals surface area contributed by atoms with Crippen LogP contribution >= 0.6 is 0 Å². The Bertz CT molecular complexity index is 762. The molecule has 2 aromatic rings. The molecule has 0 radical (unpaired) electrons. The first-order chi connectivity index (χ1) is 10.5. The van der Waals surface area contributed by atoms with Crippen LogP contribution in [-0.2, 0) is 20.0 Å². The van der Waals surface area contributed by atoms with Crippen molar-refractivity contribution in [1.29, 1.82) is 0 Å². The molecule has 2 aromatic heterocycles. The van der Waals surface area contributed by atoms with Crippen LogP contribution in [0.2, 0.25) is 0 Å². The van der Waals surface area contributed by atoms with E-state index in [0.29, 0.717) is 18.5 Å². The minimum atomic E-state index is -0.117. The number of aryl methyl sites for hydroxylation is 3. The number of carbonyl (C=O) groups is 1. The summed E-state index contributed by atoms with van der Waals surface area (Å²) in [7, 11) is 1.66. The van der Waals surface area contributed by atoms with E-state index in [1.165, 1.54) is 4.68 Å². The van der Waals surface area contributed by atoms with Crippen molar-refractivity contribution >= 4 is 5.91 Å². The SMILES string of the molecule is Cc1cncc(C(=O)NC2CCc3nn(C)c(=O)n3CC2)c1. The highest BCUT2D eigenvalue weighted by Gasteiger charge is 2.21. The molecule has 0 aromatic carbocycles. The molecule has 116 valence electrons. The smallest absolute Gasteiger partial charge is 0.345 e. The molecule has 0 aliphatic carbocycles. The lowest BCUT2D eigenvalue weighted by molar-refractivity contribution is 0.0932. The highest BCUT2D eigenvalue weighted by molar-refractivity contribution is 5.94. The van der Waals surface area contributed by atoms with E-state index in [9.17, 15) is 9.59 Å². The number of nitrogens with one attached hydrogen (secondary N) is 1. The molecule has 3 rings (SSSR count). The highest BCUT2D eigenvalue weighted by Crippen LogP contribution is 2.12. The molecule has 1 aliphatic rings. The standard InChI is InChI=1S/C15H19N5O2/c1-10-7-11(9-16-8-10)14(21)17-12-3-4-13-18-19(2)15(22)20(13)6-5-12/h7-9,12H,3-6H2,1-2H3,(H,17,21). The summed E-state index contributed by atoms with van der Waals surface area (Å²) in [4.78, 5) is 28.2. The van der Waals surface area contributed by atoms with Crippen LogP contribution in [0.25, 0.3) is 0 Å². The quantitative estimate of drug-likeness (QED) is 0.871. The average molecular weight is 301 g/mol. The van der Waals surface area contributed by atoms with Gasteiger partial charge in [0.05, 0.1) is 5.56 Å². The Morgan fingerprint density at radius 2 is 2.18 bits per heavy atom. The van der Waals surface area contributed by atoms with Crippen molar-refractivity contribution in [3.05, 3.63) is 45.9 Å². The highest BCUT2D eigenvalue weighted by atomic mass is 16.2. The molecule has 1 amide bonds. The van der Waals surface area contributed by atoms with Crippen molar-refractivity contribution in [2.45, 2.75) is 38.8 Å². The summed E-state index contributed by atoms with van der Waals surface area (Å²) in [6.07, 6.45) is 5.48. The first kappa shape index (κ1) is 14.5. The molecule has 0 fully saturated rings. The Morgan fingerprint density at radius 3 is 2.95 bits per heavy atom. The zero-order valence-electron chi connectivity index (χ0n) is 12.7. The summed E-state index contributed by atoms with van der Waals surface area (Å²) in [5, 5.41) is 7.27. The van der Waals surface area contributed by atoms with Gasteiger partial charge >= 0.3 is 5.69 Å². The van der Waals surface area contributed by atoms with Gasteiger partial charge in [0.2, 0.25) is 0 Å². The maximum absolute atomic E-state index is 12.3. The van der Waals surface area contributed by atoms with Crippen molar-refractivity contribution in [3.63, 3.8) is 0 Å². The summed E-state index contributed by atoms with van der Waals surface area (Å²) < 4.78 is 3.06. The summed E-state index contributed by atoms with van der Waals surface area (Å²) in [5.74, 6) is 0.676. The summed E-state index contributed by atoms with van der Waals surface area (Å²) in [5.41, 5.74) is 1.43. The average Bonchev–Trinajstić information content (AvgIpc) is 2.65. The van der Waals surface area contributed by atoms with Crippen LogP contribution in [0, 0.1) is 6.92 Å². The van der Waals surface area contributed by atoms with E-state index in [2.05, 4.69) is 15.4 Å². The van der Waals surface area contributed by atoms with Gasteiger partial charge < -0.3 is 5.32 Å². The maximum atomic E-state index is 12.3. The zero-order valence-corrected chi connectivity index (χ0v) is 12.7. The van der Waals surface area contributed by atoms with Crippen LogP contribution in [0.15, 0.2) is 23.3 Å². The molecule has 0 saturated carbocycles. The molecule has 22 heavy (non-hydrogen) atoms. The number of nitrogens with zero attached hydrogens (tertiary/aromatic N) is 4. The van der Waals surface area contributed by atoms with Gasteiger partial charge in [0, 0.05) is 38.4 Å². The number of rotatable bonds is 2. The molecule has 1 unspecified atom stereocenters. The minimum Gasteiger partial charge on any atom is -0.349 e. The molecule has 0 spiro atoms. The molecule has 0 saturated heterocycles. The van der Waals surface area contributed by atoms with Gasteiger partial charge in [0.15, 0.2) is 0 Å². The van der Waals surface area contributed by atoms with E-state index in [1.54, 1.807) is 24.0 Å². The summed E-state index contributed by atoms with van der Waals surface area (Å²) >= 11 is 0.